The number of ether oxygens (including phenoxy) is 2. The van der Waals surface area contributed by atoms with E-state index in [1.807, 2.05) is 6.07 Å². The maximum atomic E-state index is 15.5. The molecule has 1 unspecified atom stereocenters. The molecule has 2 atom stereocenters. The van der Waals surface area contributed by atoms with Gasteiger partial charge in [-0.25, -0.2) is 14.0 Å². The van der Waals surface area contributed by atoms with Gasteiger partial charge in [-0.3, -0.25) is 25.2 Å². The number of carbonyl (C=O) groups is 4. The molecule has 3 aliphatic heterocycles. The molecule has 240 valence electrons. The number of methoxy groups -OCH3 is 1. The lowest BCUT2D eigenvalue weighted by Gasteiger charge is -2.45. The van der Waals surface area contributed by atoms with Gasteiger partial charge < -0.3 is 19.7 Å². The number of hydrogen-bond donors (Lipinski definition) is 3. The number of aromatic nitrogens is 1. The summed E-state index contributed by atoms with van der Waals surface area (Å²) in [4.78, 5) is 57.9. The van der Waals surface area contributed by atoms with Gasteiger partial charge in [0.05, 0.1) is 47.2 Å². The summed E-state index contributed by atoms with van der Waals surface area (Å²) in [5.74, 6) is -1.69. The van der Waals surface area contributed by atoms with E-state index in [9.17, 15) is 19.2 Å². The zero-order valence-corrected chi connectivity index (χ0v) is 25.9. The lowest BCUT2D eigenvalue weighted by molar-refractivity contribution is -0.141. The van der Waals surface area contributed by atoms with Gasteiger partial charge in [-0.2, -0.15) is 0 Å². The van der Waals surface area contributed by atoms with Gasteiger partial charge in [-0.05, 0) is 67.6 Å². The van der Waals surface area contributed by atoms with Crippen LogP contribution in [0.5, 0.6) is 0 Å². The van der Waals surface area contributed by atoms with E-state index in [2.05, 4.69) is 20.9 Å². The van der Waals surface area contributed by atoms with E-state index in [0.717, 1.165) is 5.56 Å². The maximum Gasteiger partial charge on any atom is 0.412 e. The van der Waals surface area contributed by atoms with Crippen molar-refractivity contribution in [3.8, 4) is 11.1 Å². The number of benzene rings is 2. The standard InChI is InChI=1S/C33H33ClFN5O6/c1-45-31(43)37-20-8-9-21-19-12-14-36-25(16-19)22(6-3-2-4-7-27(41)38-26(21)17-20)30(42)40-15-5-13-33(18-40)28-24(39-32(44)46-33)11-10-23(34)29(28)35/h8-12,14,16-17,22H,2-7,13,15,18H2,1H3,(H,37,43)(H,38,41)(H,39,44)/t22?,33-/m0/s1. The molecule has 0 aliphatic carbocycles. The highest BCUT2D eigenvalue weighted by Crippen LogP contribution is 2.46. The van der Waals surface area contributed by atoms with Crippen LogP contribution in [0, 0.1) is 5.82 Å². The van der Waals surface area contributed by atoms with E-state index in [4.69, 9.17) is 21.1 Å². The molecular weight excluding hydrogens is 617 g/mol. The van der Waals surface area contributed by atoms with Crippen molar-refractivity contribution < 1.29 is 33.0 Å². The SMILES string of the molecule is COC(=O)Nc1ccc2c(c1)NC(=O)CCCCCC(C(=O)N1CCC[C@@]3(C1)OC(=O)Nc1ccc(Cl)c(F)c13)c1cc-2ccn1. The Morgan fingerprint density at radius 1 is 1.09 bits per heavy atom. The maximum absolute atomic E-state index is 15.5. The Morgan fingerprint density at radius 2 is 1.93 bits per heavy atom. The van der Waals surface area contributed by atoms with Crippen LogP contribution in [0.25, 0.3) is 11.1 Å². The van der Waals surface area contributed by atoms with Gasteiger partial charge in [0.1, 0.15) is 0 Å². The van der Waals surface area contributed by atoms with Crippen molar-refractivity contribution in [2.45, 2.75) is 56.5 Å². The first-order valence-corrected chi connectivity index (χ1v) is 15.6. The van der Waals surface area contributed by atoms with Gasteiger partial charge in [0.15, 0.2) is 11.4 Å². The summed E-state index contributed by atoms with van der Waals surface area (Å²) < 4.78 is 25.9. The van der Waals surface area contributed by atoms with Crippen molar-refractivity contribution in [2.75, 3.05) is 36.1 Å². The van der Waals surface area contributed by atoms with E-state index in [1.54, 1.807) is 41.4 Å². The second kappa shape index (κ2) is 13.0. The Hall–Kier alpha value is -4.71. The van der Waals surface area contributed by atoms with Crippen molar-refractivity contribution in [3.05, 3.63) is 70.8 Å². The molecule has 0 saturated carbocycles. The quantitative estimate of drug-likeness (QED) is 0.278. The third-order valence-electron chi connectivity index (χ3n) is 8.71. The van der Waals surface area contributed by atoms with Crippen molar-refractivity contribution in [1.82, 2.24) is 9.88 Å². The molecule has 13 heteroatoms. The average molecular weight is 650 g/mol. The number of pyridine rings is 1. The Balaban J connectivity index is 1.35. The lowest BCUT2D eigenvalue weighted by atomic mass is 9.82. The van der Waals surface area contributed by atoms with Gasteiger partial charge in [0, 0.05) is 30.4 Å². The molecule has 0 radical (unpaired) electrons. The molecule has 11 nitrogen and oxygen atoms in total. The predicted octanol–water partition coefficient (Wildman–Crippen LogP) is 6.79. The van der Waals surface area contributed by atoms with E-state index < -0.39 is 29.5 Å². The molecule has 1 saturated heterocycles. The third kappa shape index (κ3) is 6.21. The number of fused-ring (bicyclic) bond motifs is 6. The summed E-state index contributed by atoms with van der Waals surface area (Å²) in [7, 11) is 1.26. The van der Waals surface area contributed by atoms with Crippen LogP contribution in [0.4, 0.5) is 31.0 Å². The molecule has 46 heavy (non-hydrogen) atoms. The van der Waals surface area contributed by atoms with Crippen LogP contribution in [-0.4, -0.2) is 54.1 Å². The van der Waals surface area contributed by atoms with Crippen LogP contribution < -0.4 is 16.0 Å². The fraction of sp³-hybridized carbons (Fsp3) is 0.364. The highest BCUT2D eigenvalue weighted by Gasteiger charge is 2.49. The number of likely N-dealkylation sites (tertiary alicyclic amines) is 1. The third-order valence-corrected chi connectivity index (χ3v) is 9.00. The second-order valence-electron chi connectivity index (χ2n) is 11.7. The summed E-state index contributed by atoms with van der Waals surface area (Å²) in [6, 6.07) is 11.7. The van der Waals surface area contributed by atoms with Crippen LogP contribution in [0.3, 0.4) is 0 Å². The number of nitrogens with zero attached hydrogens (tertiary/aromatic N) is 2. The van der Waals surface area contributed by atoms with Gasteiger partial charge in [0.2, 0.25) is 11.8 Å². The van der Waals surface area contributed by atoms with Gasteiger partial charge in [0.25, 0.3) is 0 Å². The smallest absolute Gasteiger partial charge is 0.412 e. The zero-order chi connectivity index (χ0) is 32.4. The van der Waals surface area contributed by atoms with Crippen molar-refractivity contribution in [2.24, 2.45) is 0 Å². The molecule has 2 aromatic carbocycles. The second-order valence-corrected chi connectivity index (χ2v) is 12.1. The van der Waals surface area contributed by atoms with E-state index in [1.165, 1.54) is 13.2 Å². The summed E-state index contributed by atoms with van der Waals surface area (Å²) in [6.07, 6.45) is 3.82. The zero-order valence-electron chi connectivity index (χ0n) is 25.2. The summed E-state index contributed by atoms with van der Waals surface area (Å²) in [6.45, 7) is 0.368. The van der Waals surface area contributed by atoms with Crippen LogP contribution >= 0.6 is 11.6 Å². The summed E-state index contributed by atoms with van der Waals surface area (Å²) in [5, 5.41) is 8.04. The first-order valence-electron chi connectivity index (χ1n) is 15.2. The molecule has 4 heterocycles. The fourth-order valence-corrected chi connectivity index (χ4v) is 6.71. The number of anilines is 3. The summed E-state index contributed by atoms with van der Waals surface area (Å²) >= 11 is 6.14. The van der Waals surface area contributed by atoms with Gasteiger partial charge >= 0.3 is 12.2 Å². The molecule has 2 bridgehead atoms. The number of carbonyl (C=O) groups excluding carboxylic acids is 4. The highest BCUT2D eigenvalue weighted by molar-refractivity contribution is 6.31. The lowest BCUT2D eigenvalue weighted by Crippen LogP contribution is -2.54. The van der Waals surface area contributed by atoms with Gasteiger partial charge in [-0.15, -0.1) is 0 Å². The van der Waals surface area contributed by atoms with Crippen LogP contribution in [0.2, 0.25) is 5.02 Å². The largest absolute Gasteiger partial charge is 0.453 e. The topological polar surface area (TPSA) is 139 Å². The molecule has 3 aliphatic rings. The predicted molar refractivity (Wildman–Crippen MR) is 169 cm³/mol. The number of halogens is 2. The van der Waals surface area contributed by atoms with Crippen molar-refractivity contribution in [1.29, 1.82) is 0 Å². The van der Waals surface area contributed by atoms with E-state index >= 15 is 4.39 Å². The Bertz CT molecular complexity index is 1720. The minimum absolute atomic E-state index is 0.0308. The monoisotopic (exact) mass is 649 g/mol. The van der Waals surface area contributed by atoms with Crippen molar-refractivity contribution in [3.63, 3.8) is 0 Å². The molecule has 3 N–H and O–H groups in total. The van der Waals surface area contributed by atoms with E-state index in [0.29, 0.717) is 67.7 Å². The number of nitrogens with one attached hydrogen (secondary N) is 3. The number of amides is 4. The molecule has 3 aromatic rings. The Kier molecular flexibility index (Phi) is 8.81. The van der Waals surface area contributed by atoms with Crippen LogP contribution in [0.1, 0.15) is 62.1 Å². The first-order chi connectivity index (χ1) is 22.2. The average Bonchev–Trinajstić information content (AvgIpc) is 3.04. The number of piperidine rings is 1. The molecule has 6 rings (SSSR count). The molecule has 1 fully saturated rings. The van der Waals surface area contributed by atoms with Crippen molar-refractivity contribution >= 4 is 52.7 Å². The van der Waals surface area contributed by atoms with Gasteiger partial charge in [-0.1, -0.05) is 30.5 Å². The normalized spacial score (nSPS) is 21.2. The minimum Gasteiger partial charge on any atom is -0.453 e. The summed E-state index contributed by atoms with van der Waals surface area (Å²) in [5.41, 5.74) is 1.90. The highest BCUT2D eigenvalue weighted by atomic mass is 35.5. The fourth-order valence-electron chi connectivity index (χ4n) is 6.56. The number of rotatable bonds is 2. The Labute approximate surface area is 269 Å². The number of hydrogen-bond acceptors (Lipinski definition) is 7. The molecule has 4 amide bonds. The van der Waals surface area contributed by atoms with E-state index in [-0.39, 0.29) is 41.1 Å². The molecule has 1 aromatic heterocycles. The van der Waals surface area contributed by atoms with Crippen LogP contribution in [0.15, 0.2) is 48.7 Å². The molecular formula is C33H33ClFN5O6. The Morgan fingerprint density at radius 3 is 2.76 bits per heavy atom. The molecule has 1 spiro atoms. The first kappa shape index (κ1) is 31.3. The minimum atomic E-state index is -1.39. The van der Waals surface area contributed by atoms with Crippen LogP contribution in [-0.2, 0) is 24.7 Å².